The highest BCUT2D eigenvalue weighted by atomic mass is 16.1. The van der Waals surface area contributed by atoms with E-state index in [2.05, 4.69) is 0 Å². The monoisotopic (exact) mass is 142 g/mol. The Labute approximate surface area is 60.8 Å². The molecule has 2 unspecified atom stereocenters. The molecule has 0 saturated heterocycles. The molecule has 4 N–H and O–H groups in total. The van der Waals surface area contributed by atoms with Gasteiger partial charge in [0, 0.05) is 12.5 Å². The minimum atomic E-state index is -0.216. The molecule has 0 bridgehead atoms. The van der Waals surface area contributed by atoms with E-state index in [1.165, 1.54) is 0 Å². The van der Waals surface area contributed by atoms with Gasteiger partial charge in [0.1, 0.15) is 0 Å². The molecule has 58 valence electrons. The Morgan fingerprint density at radius 2 is 2.30 bits per heavy atom. The van der Waals surface area contributed by atoms with E-state index in [1.807, 2.05) is 6.92 Å². The molecule has 0 aromatic carbocycles. The smallest absolute Gasteiger partial charge is 0.217 e. The van der Waals surface area contributed by atoms with E-state index >= 15 is 0 Å². The first kappa shape index (κ1) is 7.54. The quantitative estimate of drug-likeness (QED) is 0.575. The number of hydrogen-bond acceptors (Lipinski definition) is 2. The van der Waals surface area contributed by atoms with Crippen LogP contribution in [0.25, 0.3) is 0 Å². The number of carbonyl (C=O) groups is 1. The van der Waals surface area contributed by atoms with Gasteiger partial charge >= 0.3 is 0 Å². The number of rotatable bonds is 3. The molecule has 3 atom stereocenters. The zero-order chi connectivity index (χ0) is 7.72. The summed E-state index contributed by atoms with van der Waals surface area (Å²) in [6.45, 7) is 2.03. The third-order valence-corrected chi connectivity index (χ3v) is 2.15. The summed E-state index contributed by atoms with van der Waals surface area (Å²) >= 11 is 0. The summed E-state index contributed by atoms with van der Waals surface area (Å²) in [5.41, 5.74) is 10.6. The Morgan fingerprint density at radius 1 is 1.80 bits per heavy atom. The van der Waals surface area contributed by atoms with Crippen molar-refractivity contribution in [3.05, 3.63) is 0 Å². The predicted molar refractivity (Wildman–Crippen MR) is 39.1 cm³/mol. The maximum Gasteiger partial charge on any atom is 0.217 e. The molecular weight excluding hydrogens is 128 g/mol. The molecule has 1 rings (SSSR count). The highest BCUT2D eigenvalue weighted by Gasteiger charge is 2.38. The van der Waals surface area contributed by atoms with E-state index in [0.717, 1.165) is 6.42 Å². The standard InChI is InChI=1S/C7H14N2O/c1-4(2-7(9)10)5-3-6(5)8/h4-6H,2-3,8H2,1H3,(H2,9,10)/t4-,5?,6?/m1/s1. The van der Waals surface area contributed by atoms with Crippen molar-refractivity contribution in [3.63, 3.8) is 0 Å². The van der Waals surface area contributed by atoms with Crippen molar-refractivity contribution in [1.82, 2.24) is 0 Å². The highest BCUT2D eigenvalue weighted by Crippen LogP contribution is 2.36. The first-order chi connectivity index (χ1) is 4.61. The van der Waals surface area contributed by atoms with Crippen LogP contribution in [0.4, 0.5) is 0 Å². The molecule has 0 aromatic rings. The van der Waals surface area contributed by atoms with Crippen molar-refractivity contribution in [2.45, 2.75) is 25.8 Å². The first-order valence-electron chi connectivity index (χ1n) is 3.65. The average molecular weight is 142 g/mol. The molecule has 3 heteroatoms. The minimum absolute atomic E-state index is 0.216. The van der Waals surface area contributed by atoms with E-state index in [-0.39, 0.29) is 5.91 Å². The molecule has 1 aliphatic rings. The van der Waals surface area contributed by atoms with Gasteiger partial charge in [0.05, 0.1) is 0 Å². The Morgan fingerprint density at radius 3 is 2.60 bits per heavy atom. The Bertz CT molecular complexity index is 147. The molecule has 1 amide bonds. The lowest BCUT2D eigenvalue weighted by molar-refractivity contribution is -0.118. The van der Waals surface area contributed by atoms with Gasteiger partial charge < -0.3 is 11.5 Å². The summed E-state index contributed by atoms with van der Waals surface area (Å²) < 4.78 is 0. The zero-order valence-corrected chi connectivity index (χ0v) is 6.21. The van der Waals surface area contributed by atoms with Crippen molar-refractivity contribution in [2.75, 3.05) is 0 Å². The number of nitrogens with two attached hydrogens (primary N) is 2. The first-order valence-corrected chi connectivity index (χ1v) is 3.65. The van der Waals surface area contributed by atoms with Crippen LogP contribution in [0.1, 0.15) is 19.8 Å². The van der Waals surface area contributed by atoms with E-state index in [1.54, 1.807) is 0 Å². The zero-order valence-electron chi connectivity index (χ0n) is 6.21. The normalized spacial score (nSPS) is 33.4. The summed E-state index contributed by atoms with van der Waals surface area (Å²) in [4.78, 5) is 10.4. The van der Waals surface area contributed by atoms with Gasteiger partial charge in [-0.05, 0) is 18.3 Å². The van der Waals surface area contributed by atoms with Crippen LogP contribution >= 0.6 is 0 Å². The fourth-order valence-corrected chi connectivity index (χ4v) is 1.36. The van der Waals surface area contributed by atoms with E-state index in [0.29, 0.717) is 24.3 Å². The van der Waals surface area contributed by atoms with Crippen LogP contribution in [0.3, 0.4) is 0 Å². The fraction of sp³-hybridized carbons (Fsp3) is 0.857. The molecule has 0 spiro atoms. The van der Waals surface area contributed by atoms with Crippen LogP contribution in [0, 0.1) is 11.8 Å². The maximum absolute atomic E-state index is 10.4. The second kappa shape index (κ2) is 2.58. The van der Waals surface area contributed by atoms with Gasteiger partial charge in [0.25, 0.3) is 0 Å². The van der Waals surface area contributed by atoms with Crippen LogP contribution in [-0.2, 0) is 4.79 Å². The van der Waals surface area contributed by atoms with Crippen LogP contribution in [0.15, 0.2) is 0 Å². The van der Waals surface area contributed by atoms with Gasteiger partial charge in [-0.25, -0.2) is 0 Å². The second-order valence-corrected chi connectivity index (χ2v) is 3.21. The number of amides is 1. The molecule has 1 saturated carbocycles. The summed E-state index contributed by atoms with van der Waals surface area (Å²) in [6.07, 6.45) is 1.55. The summed E-state index contributed by atoms with van der Waals surface area (Å²) in [7, 11) is 0. The van der Waals surface area contributed by atoms with Crippen LogP contribution in [-0.4, -0.2) is 11.9 Å². The molecule has 10 heavy (non-hydrogen) atoms. The highest BCUT2D eigenvalue weighted by molar-refractivity contribution is 5.74. The van der Waals surface area contributed by atoms with Gasteiger partial charge in [0.15, 0.2) is 0 Å². The Kier molecular flexibility index (Phi) is 1.94. The molecule has 0 aromatic heterocycles. The molecule has 3 nitrogen and oxygen atoms in total. The van der Waals surface area contributed by atoms with Crippen LogP contribution < -0.4 is 11.5 Å². The molecular formula is C7H14N2O. The lowest BCUT2D eigenvalue weighted by Crippen LogP contribution is -2.17. The second-order valence-electron chi connectivity index (χ2n) is 3.21. The summed E-state index contributed by atoms with van der Waals surface area (Å²) in [5.74, 6) is 0.714. The number of primary amides is 1. The average Bonchev–Trinajstić information content (AvgIpc) is 2.44. The van der Waals surface area contributed by atoms with Gasteiger partial charge in [-0.1, -0.05) is 6.92 Å². The minimum Gasteiger partial charge on any atom is -0.370 e. The van der Waals surface area contributed by atoms with Gasteiger partial charge in [-0.15, -0.1) is 0 Å². The van der Waals surface area contributed by atoms with Crippen molar-refractivity contribution < 1.29 is 4.79 Å². The number of hydrogen-bond donors (Lipinski definition) is 2. The SMILES string of the molecule is C[C@H](CC(N)=O)C1CC1N. The fourth-order valence-electron chi connectivity index (χ4n) is 1.36. The Balaban J connectivity index is 2.22. The number of carbonyl (C=O) groups excluding carboxylic acids is 1. The van der Waals surface area contributed by atoms with Crippen molar-refractivity contribution >= 4 is 5.91 Å². The van der Waals surface area contributed by atoms with Gasteiger partial charge in [-0.3, -0.25) is 4.79 Å². The molecule has 0 radical (unpaired) electrons. The van der Waals surface area contributed by atoms with Crippen molar-refractivity contribution in [3.8, 4) is 0 Å². The lowest BCUT2D eigenvalue weighted by atomic mass is 10.0. The molecule has 1 fully saturated rings. The Hall–Kier alpha value is -0.570. The largest absolute Gasteiger partial charge is 0.370 e. The predicted octanol–water partition coefficient (Wildman–Crippen LogP) is -0.155. The topological polar surface area (TPSA) is 69.1 Å². The van der Waals surface area contributed by atoms with Gasteiger partial charge in [0.2, 0.25) is 5.91 Å². The molecule has 1 aliphatic carbocycles. The molecule has 0 aliphatic heterocycles. The van der Waals surface area contributed by atoms with Gasteiger partial charge in [-0.2, -0.15) is 0 Å². The van der Waals surface area contributed by atoms with Crippen molar-refractivity contribution in [1.29, 1.82) is 0 Å². The van der Waals surface area contributed by atoms with E-state index in [4.69, 9.17) is 11.5 Å². The van der Waals surface area contributed by atoms with Crippen LogP contribution in [0.2, 0.25) is 0 Å². The summed E-state index contributed by atoms with van der Waals surface area (Å²) in [5, 5.41) is 0. The third kappa shape index (κ3) is 1.70. The third-order valence-electron chi connectivity index (χ3n) is 2.15. The maximum atomic E-state index is 10.4. The lowest BCUT2D eigenvalue weighted by Gasteiger charge is -2.05. The van der Waals surface area contributed by atoms with E-state index in [9.17, 15) is 4.79 Å². The van der Waals surface area contributed by atoms with Crippen molar-refractivity contribution in [2.24, 2.45) is 23.3 Å². The summed E-state index contributed by atoms with van der Waals surface area (Å²) in [6, 6.07) is 0.328. The molecule has 0 heterocycles. The van der Waals surface area contributed by atoms with Crippen LogP contribution in [0.5, 0.6) is 0 Å². The van der Waals surface area contributed by atoms with E-state index < -0.39 is 0 Å².